The SMILES string of the molecule is CCCc1cc(OC)ccc1C=CC(=O)O.O=C(O)C=Cc1ccccc1. The van der Waals surface area contributed by atoms with Gasteiger partial charge >= 0.3 is 11.9 Å². The van der Waals surface area contributed by atoms with Gasteiger partial charge in [-0.15, -0.1) is 0 Å². The van der Waals surface area contributed by atoms with E-state index in [9.17, 15) is 9.59 Å². The van der Waals surface area contributed by atoms with E-state index < -0.39 is 11.9 Å². The molecule has 5 heteroatoms. The normalized spacial score (nSPS) is 10.4. The molecule has 0 saturated heterocycles. The zero-order valence-electron chi connectivity index (χ0n) is 15.5. The van der Waals surface area contributed by atoms with Gasteiger partial charge in [0.25, 0.3) is 0 Å². The third-order valence-corrected chi connectivity index (χ3v) is 3.49. The molecule has 0 aromatic heterocycles. The molecule has 0 unspecified atom stereocenters. The molecule has 2 aromatic carbocycles. The number of carbonyl (C=O) groups is 2. The largest absolute Gasteiger partial charge is 0.497 e. The Morgan fingerprint density at radius 1 is 0.963 bits per heavy atom. The lowest BCUT2D eigenvalue weighted by molar-refractivity contribution is -0.132. The highest BCUT2D eigenvalue weighted by Crippen LogP contribution is 2.20. The molecule has 2 rings (SSSR count). The molecule has 0 spiro atoms. The van der Waals surface area contributed by atoms with Crippen LogP contribution in [0, 0.1) is 0 Å². The van der Waals surface area contributed by atoms with E-state index in [1.165, 1.54) is 0 Å². The first-order valence-corrected chi connectivity index (χ1v) is 8.50. The molecule has 2 N–H and O–H groups in total. The molecule has 2 aromatic rings. The molecule has 5 nitrogen and oxygen atoms in total. The van der Waals surface area contributed by atoms with Gasteiger partial charge in [-0.2, -0.15) is 0 Å². The number of hydrogen-bond acceptors (Lipinski definition) is 3. The van der Waals surface area contributed by atoms with Crippen molar-refractivity contribution in [2.75, 3.05) is 7.11 Å². The second kappa shape index (κ2) is 12.1. The van der Waals surface area contributed by atoms with Crippen LogP contribution < -0.4 is 4.74 Å². The average Bonchev–Trinajstić information content (AvgIpc) is 2.66. The summed E-state index contributed by atoms with van der Waals surface area (Å²) in [4.78, 5) is 20.5. The Bertz CT molecular complexity index is 792. The first-order valence-electron chi connectivity index (χ1n) is 8.50. The Labute approximate surface area is 159 Å². The number of aryl methyl sites for hydroxylation is 1. The Balaban J connectivity index is 0.000000289. The molecular formula is C22H24O5. The van der Waals surface area contributed by atoms with Gasteiger partial charge in [-0.25, -0.2) is 9.59 Å². The maximum absolute atomic E-state index is 10.5. The van der Waals surface area contributed by atoms with Gasteiger partial charge in [0, 0.05) is 12.2 Å². The van der Waals surface area contributed by atoms with Gasteiger partial charge in [0.1, 0.15) is 5.75 Å². The third kappa shape index (κ3) is 9.07. The van der Waals surface area contributed by atoms with E-state index in [4.69, 9.17) is 14.9 Å². The molecule has 0 bridgehead atoms. The minimum Gasteiger partial charge on any atom is -0.497 e. The van der Waals surface area contributed by atoms with Crippen LogP contribution in [0.15, 0.2) is 60.7 Å². The summed E-state index contributed by atoms with van der Waals surface area (Å²) in [6.07, 6.45) is 7.38. The number of benzene rings is 2. The monoisotopic (exact) mass is 368 g/mol. The number of ether oxygens (including phenoxy) is 1. The highest BCUT2D eigenvalue weighted by molar-refractivity contribution is 5.86. The molecule has 0 amide bonds. The van der Waals surface area contributed by atoms with Crippen molar-refractivity contribution in [2.24, 2.45) is 0 Å². The highest BCUT2D eigenvalue weighted by Gasteiger charge is 2.01. The number of carboxylic acid groups (broad SMARTS) is 2. The minimum atomic E-state index is -0.932. The van der Waals surface area contributed by atoms with Crippen molar-refractivity contribution in [3.05, 3.63) is 77.4 Å². The summed E-state index contributed by atoms with van der Waals surface area (Å²) in [7, 11) is 1.62. The molecule has 0 aliphatic carbocycles. The lowest BCUT2D eigenvalue weighted by atomic mass is 10.0. The summed E-state index contributed by atoms with van der Waals surface area (Å²) in [6.45, 7) is 2.09. The zero-order valence-corrected chi connectivity index (χ0v) is 15.5. The summed E-state index contributed by atoms with van der Waals surface area (Å²) >= 11 is 0. The summed E-state index contributed by atoms with van der Waals surface area (Å²) < 4.78 is 5.14. The number of rotatable bonds is 7. The van der Waals surface area contributed by atoms with Crippen LogP contribution in [0.4, 0.5) is 0 Å². The summed E-state index contributed by atoms with van der Waals surface area (Å²) in [5.74, 6) is -1.05. The van der Waals surface area contributed by atoms with E-state index in [2.05, 4.69) is 6.92 Å². The second-order valence-corrected chi connectivity index (χ2v) is 5.57. The molecule has 27 heavy (non-hydrogen) atoms. The maximum atomic E-state index is 10.5. The Hall–Kier alpha value is -3.34. The van der Waals surface area contributed by atoms with Gasteiger partial charge in [-0.3, -0.25) is 0 Å². The van der Waals surface area contributed by atoms with Crippen LogP contribution in [0.25, 0.3) is 12.2 Å². The predicted octanol–water partition coefficient (Wildman–Crippen LogP) is 4.53. The van der Waals surface area contributed by atoms with E-state index in [0.717, 1.165) is 47.4 Å². The van der Waals surface area contributed by atoms with Crippen LogP contribution in [-0.2, 0) is 16.0 Å². The smallest absolute Gasteiger partial charge is 0.328 e. The zero-order chi connectivity index (χ0) is 20.1. The van der Waals surface area contributed by atoms with Crippen molar-refractivity contribution >= 4 is 24.1 Å². The molecular weight excluding hydrogens is 344 g/mol. The summed E-state index contributed by atoms with van der Waals surface area (Å²) in [5.41, 5.74) is 2.94. The van der Waals surface area contributed by atoms with E-state index in [-0.39, 0.29) is 0 Å². The first kappa shape index (κ1) is 21.7. The van der Waals surface area contributed by atoms with E-state index in [0.29, 0.717) is 0 Å². The van der Waals surface area contributed by atoms with Gasteiger partial charge in [0.15, 0.2) is 0 Å². The summed E-state index contributed by atoms with van der Waals surface area (Å²) in [6, 6.07) is 15.0. The maximum Gasteiger partial charge on any atom is 0.328 e. The van der Waals surface area contributed by atoms with Crippen LogP contribution in [0.5, 0.6) is 5.75 Å². The molecule has 0 radical (unpaired) electrons. The quantitative estimate of drug-likeness (QED) is 0.702. The molecule has 0 heterocycles. The van der Waals surface area contributed by atoms with Crippen molar-refractivity contribution in [2.45, 2.75) is 19.8 Å². The fraction of sp³-hybridized carbons (Fsp3) is 0.182. The van der Waals surface area contributed by atoms with Crippen molar-refractivity contribution < 1.29 is 24.5 Å². The number of methoxy groups -OCH3 is 1. The Morgan fingerprint density at radius 2 is 1.59 bits per heavy atom. The van der Waals surface area contributed by atoms with Gasteiger partial charge < -0.3 is 14.9 Å². The van der Waals surface area contributed by atoms with Crippen molar-refractivity contribution in [1.29, 1.82) is 0 Å². The topological polar surface area (TPSA) is 83.8 Å². The van der Waals surface area contributed by atoms with Gasteiger partial charge in [0.2, 0.25) is 0 Å². The lowest BCUT2D eigenvalue weighted by Gasteiger charge is -2.07. The molecule has 0 atom stereocenters. The van der Waals surface area contributed by atoms with Crippen molar-refractivity contribution in [3.8, 4) is 5.75 Å². The van der Waals surface area contributed by atoms with Crippen molar-refractivity contribution in [1.82, 2.24) is 0 Å². The molecule has 0 aliphatic heterocycles. The number of hydrogen-bond donors (Lipinski definition) is 2. The Kier molecular flexibility index (Phi) is 9.71. The van der Waals surface area contributed by atoms with Crippen molar-refractivity contribution in [3.63, 3.8) is 0 Å². The minimum absolute atomic E-state index is 0.802. The fourth-order valence-corrected chi connectivity index (χ4v) is 2.25. The first-order chi connectivity index (χ1) is 13.0. The average molecular weight is 368 g/mol. The number of aliphatic carboxylic acids is 2. The Morgan fingerprint density at radius 3 is 2.15 bits per heavy atom. The third-order valence-electron chi connectivity index (χ3n) is 3.49. The van der Waals surface area contributed by atoms with E-state index >= 15 is 0 Å². The van der Waals surface area contributed by atoms with E-state index in [1.54, 1.807) is 19.3 Å². The highest BCUT2D eigenvalue weighted by atomic mass is 16.5. The predicted molar refractivity (Wildman–Crippen MR) is 107 cm³/mol. The molecule has 0 fully saturated rings. The van der Waals surface area contributed by atoms with E-state index in [1.807, 2.05) is 48.5 Å². The standard InChI is InChI=1S/C13H16O3.C9H8O2/c1-3-4-11-9-12(16-2)7-5-10(11)6-8-13(14)15;10-9(11)7-6-8-4-2-1-3-5-8/h5-9H,3-4H2,1-2H3,(H,14,15);1-7H,(H,10,11). The molecule has 0 aliphatic rings. The fourth-order valence-electron chi connectivity index (χ4n) is 2.25. The van der Waals surface area contributed by atoms with Gasteiger partial charge in [-0.1, -0.05) is 49.7 Å². The molecule has 142 valence electrons. The van der Waals surface area contributed by atoms with Crippen LogP contribution >= 0.6 is 0 Å². The van der Waals surface area contributed by atoms with Gasteiger partial charge in [0.05, 0.1) is 7.11 Å². The van der Waals surface area contributed by atoms with Crippen LogP contribution in [0.1, 0.15) is 30.0 Å². The molecule has 0 saturated carbocycles. The van der Waals surface area contributed by atoms with Crippen LogP contribution in [0.3, 0.4) is 0 Å². The lowest BCUT2D eigenvalue weighted by Crippen LogP contribution is -1.92. The summed E-state index contributed by atoms with van der Waals surface area (Å²) in [5, 5.41) is 16.9. The van der Waals surface area contributed by atoms with Crippen LogP contribution in [-0.4, -0.2) is 29.3 Å². The van der Waals surface area contributed by atoms with Gasteiger partial charge in [-0.05, 0) is 47.4 Å². The number of carboxylic acids is 2. The second-order valence-electron chi connectivity index (χ2n) is 5.57. The van der Waals surface area contributed by atoms with Crippen LogP contribution in [0.2, 0.25) is 0 Å².